The largest absolute Gasteiger partial charge is 0.498 e. The summed E-state index contributed by atoms with van der Waals surface area (Å²) in [4.78, 5) is 9.03. The number of ether oxygens (including phenoxy) is 2. The summed E-state index contributed by atoms with van der Waals surface area (Å²) in [5.41, 5.74) is 4.35. The molecule has 4 aromatic heterocycles. The molecule has 0 radical (unpaired) electrons. The van der Waals surface area contributed by atoms with E-state index in [1.165, 1.54) is 0 Å². The van der Waals surface area contributed by atoms with E-state index >= 15 is 0 Å². The lowest BCUT2D eigenvalue weighted by Gasteiger charge is -2.32. The van der Waals surface area contributed by atoms with Crippen LogP contribution in [0.5, 0.6) is 0 Å². The van der Waals surface area contributed by atoms with Crippen LogP contribution in [0.3, 0.4) is 0 Å². The highest BCUT2D eigenvalue weighted by molar-refractivity contribution is 6.62. The topological polar surface area (TPSA) is 98.3 Å². The Morgan fingerprint density at radius 3 is 1.67 bits per heavy atom. The monoisotopic (exact) mass is 716 g/mol. The highest BCUT2D eigenvalue weighted by Crippen LogP contribution is 2.36. The summed E-state index contributed by atoms with van der Waals surface area (Å²) >= 11 is 18.0. The summed E-state index contributed by atoms with van der Waals surface area (Å²) in [6.45, 7) is 11.4. The van der Waals surface area contributed by atoms with Crippen LogP contribution in [0, 0.1) is 0 Å². The normalized spacial score (nSPS) is 19.3. The van der Waals surface area contributed by atoms with Gasteiger partial charge in [0.2, 0.25) is 0 Å². The van der Waals surface area contributed by atoms with Crippen molar-refractivity contribution in [2.45, 2.75) is 76.4 Å². The van der Waals surface area contributed by atoms with Crippen LogP contribution < -0.4 is 5.46 Å². The smallest absolute Gasteiger partial charge is 0.399 e. The number of hydrogen-bond donors (Lipinski definition) is 0. The second kappa shape index (κ2) is 16.0. The van der Waals surface area contributed by atoms with Gasteiger partial charge in [0, 0.05) is 103 Å². The van der Waals surface area contributed by atoms with E-state index in [-0.39, 0.29) is 18.3 Å². The number of aryl methyl sites for hydroxylation is 2. The molecule has 0 bridgehead atoms. The molecule has 258 valence electrons. The first kappa shape index (κ1) is 36.8. The third-order valence-corrected chi connectivity index (χ3v) is 9.75. The first-order chi connectivity index (χ1) is 22.8. The molecule has 48 heavy (non-hydrogen) atoms. The van der Waals surface area contributed by atoms with Gasteiger partial charge in [0.05, 0.1) is 23.1 Å². The van der Waals surface area contributed by atoms with Gasteiger partial charge >= 0.3 is 7.12 Å². The van der Waals surface area contributed by atoms with E-state index in [9.17, 15) is 0 Å². The minimum Gasteiger partial charge on any atom is -0.399 e. The molecular weight excluding hydrogens is 674 g/mol. The Balaban J connectivity index is 0.000000143. The molecule has 0 amide bonds. The summed E-state index contributed by atoms with van der Waals surface area (Å²) in [7, 11) is 3.48. The van der Waals surface area contributed by atoms with Crippen molar-refractivity contribution < 1.29 is 18.8 Å². The van der Waals surface area contributed by atoms with E-state index in [1.807, 2.05) is 78.6 Å². The molecule has 7 rings (SSSR count). The van der Waals surface area contributed by atoms with Crippen molar-refractivity contribution in [1.82, 2.24) is 29.5 Å². The Kier molecular flexibility index (Phi) is 12.3. The number of halogens is 3. The molecule has 0 aromatic carbocycles. The third-order valence-electron chi connectivity index (χ3n) is 9.12. The predicted molar refractivity (Wildman–Crippen MR) is 190 cm³/mol. The molecule has 3 saturated heterocycles. The summed E-state index contributed by atoms with van der Waals surface area (Å²) < 4.78 is 26.0. The van der Waals surface area contributed by atoms with Gasteiger partial charge in [0.25, 0.3) is 0 Å². The van der Waals surface area contributed by atoms with Crippen LogP contribution in [-0.2, 0) is 32.9 Å². The number of aromatic nitrogens is 6. The Morgan fingerprint density at radius 2 is 1.19 bits per heavy atom. The lowest BCUT2D eigenvalue weighted by atomic mass is 9.82. The second-order valence-corrected chi connectivity index (χ2v) is 14.6. The lowest BCUT2D eigenvalue weighted by molar-refractivity contribution is 0.00578. The third kappa shape index (κ3) is 9.59. The van der Waals surface area contributed by atoms with E-state index in [0.717, 1.165) is 85.2 Å². The van der Waals surface area contributed by atoms with Gasteiger partial charge in [-0.25, -0.2) is 4.98 Å². The van der Waals surface area contributed by atoms with Gasteiger partial charge < -0.3 is 18.8 Å². The van der Waals surface area contributed by atoms with Crippen molar-refractivity contribution in [1.29, 1.82) is 0 Å². The van der Waals surface area contributed by atoms with Gasteiger partial charge in [-0.2, -0.15) is 10.2 Å². The van der Waals surface area contributed by atoms with Crippen LogP contribution in [0.2, 0.25) is 15.2 Å². The van der Waals surface area contributed by atoms with Gasteiger partial charge in [-0.15, -0.1) is 0 Å². The summed E-state index contributed by atoms with van der Waals surface area (Å²) in [6.07, 6.45) is 11.5. The quantitative estimate of drug-likeness (QED) is 0.164. The van der Waals surface area contributed by atoms with Gasteiger partial charge in [0.1, 0.15) is 5.15 Å². The first-order valence-electron chi connectivity index (χ1n) is 16.3. The standard InChI is InChI=1S/C14H16ClN3O.C10H17BN2O2.C10H11Cl2NO/c1-18-9-11(8-16-18)14-7-12(15)6-13(17-14)10-2-4-19-5-3-10;1-9(2)10(3,4)15-11(14-9)8-6-12-13(5)7-8;11-8-5-9(13-10(12)6-8)7-1-3-14-4-2-7/h6-10H,2-5H2,1H3;6-7H,1-5H3;5-7H,1-4H2. The zero-order chi connectivity index (χ0) is 34.5. The molecule has 14 heteroatoms. The van der Waals surface area contributed by atoms with Crippen LogP contribution >= 0.6 is 34.8 Å². The van der Waals surface area contributed by atoms with Crippen LogP contribution in [0.1, 0.15) is 76.6 Å². The zero-order valence-corrected chi connectivity index (χ0v) is 30.7. The second-order valence-electron chi connectivity index (χ2n) is 13.3. The maximum atomic E-state index is 6.23. The van der Waals surface area contributed by atoms with Crippen molar-refractivity contribution in [2.75, 3.05) is 26.4 Å². The van der Waals surface area contributed by atoms with Gasteiger partial charge in [-0.3, -0.25) is 14.3 Å². The molecule has 0 saturated carbocycles. The Labute approximate surface area is 298 Å². The SMILES string of the molecule is Clc1cc(Cl)nc(C2CCOCC2)c1.Cn1cc(-c2cc(Cl)cc(C3CCOCC3)n2)cn1.Cn1cc(B2OC(C)(C)C(C)(C)O2)cn1. The molecule has 0 spiro atoms. The minimum absolute atomic E-state index is 0.284. The maximum Gasteiger partial charge on any atom is 0.498 e. The Morgan fingerprint density at radius 1 is 0.688 bits per heavy atom. The van der Waals surface area contributed by atoms with E-state index in [0.29, 0.717) is 22.0 Å². The fourth-order valence-corrected chi connectivity index (χ4v) is 6.35. The van der Waals surface area contributed by atoms with Crippen molar-refractivity contribution in [3.8, 4) is 11.3 Å². The highest BCUT2D eigenvalue weighted by Gasteiger charge is 2.52. The van der Waals surface area contributed by atoms with Crippen molar-refractivity contribution >= 4 is 47.4 Å². The first-order valence-corrected chi connectivity index (χ1v) is 17.4. The van der Waals surface area contributed by atoms with Crippen LogP contribution in [0.25, 0.3) is 11.3 Å². The molecular formula is C34H44BCl3N6O4. The molecule has 0 aliphatic carbocycles. The van der Waals surface area contributed by atoms with Crippen molar-refractivity contribution in [3.63, 3.8) is 0 Å². The molecule has 4 aromatic rings. The van der Waals surface area contributed by atoms with E-state index in [2.05, 4.69) is 15.2 Å². The summed E-state index contributed by atoms with van der Waals surface area (Å²) in [5, 5.41) is 10.2. The minimum atomic E-state index is -0.302. The maximum absolute atomic E-state index is 6.23. The predicted octanol–water partition coefficient (Wildman–Crippen LogP) is 7.03. The van der Waals surface area contributed by atoms with Crippen LogP contribution in [0.15, 0.2) is 49.1 Å². The van der Waals surface area contributed by atoms with Crippen LogP contribution in [-0.4, -0.2) is 74.3 Å². The molecule has 3 aliphatic heterocycles. The van der Waals surface area contributed by atoms with Gasteiger partial charge in [0.15, 0.2) is 0 Å². The van der Waals surface area contributed by atoms with E-state index in [4.69, 9.17) is 58.6 Å². The summed E-state index contributed by atoms with van der Waals surface area (Å²) in [5.74, 6) is 0.892. The molecule has 0 N–H and O–H groups in total. The van der Waals surface area contributed by atoms with E-state index < -0.39 is 0 Å². The molecule has 10 nitrogen and oxygen atoms in total. The van der Waals surface area contributed by atoms with E-state index in [1.54, 1.807) is 21.6 Å². The molecule has 0 unspecified atom stereocenters. The lowest BCUT2D eigenvalue weighted by Crippen LogP contribution is -2.41. The zero-order valence-electron chi connectivity index (χ0n) is 28.5. The summed E-state index contributed by atoms with van der Waals surface area (Å²) in [6, 6.07) is 7.41. The van der Waals surface area contributed by atoms with Gasteiger partial charge in [-0.1, -0.05) is 34.8 Å². The van der Waals surface area contributed by atoms with Crippen molar-refractivity contribution in [3.05, 3.63) is 75.6 Å². The molecule has 0 atom stereocenters. The molecule has 3 fully saturated rings. The fraction of sp³-hybridized carbons (Fsp3) is 0.529. The number of nitrogens with zero attached hydrogens (tertiary/aromatic N) is 6. The van der Waals surface area contributed by atoms with Gasteiger partial charge in [-0.05, 0) is 77.6 Å². The molecule has 3 aliphatic rings. The van der Waals surface area contributed by atoms with Crippen molar-refractivity contribution in [2.24, 2.45) is 14.1 Å². The molecule has 7 heterocycles. The highest BCUT2D eigenvalue weighted by atomic mass is 35.5. The number of hydrogen-bond acceptors (Lipinski definition) is 8. The average molecular weight is 718 g/mol. The number of pyridine rings is 2. The fourth-order valence-electron chi connectivity index (χ4n) is 5.65. The number of rotatable bonds is 4. The Bertz CT molecular complexity index is 1620. The van der Waals surface area contributed by atoms with Crippen LogP contribution in [0.4, 0.5) is 0 Å². The average Bonchev–Trinajstić information content (AvgIpc) is 3.74. The Hall–Kier alpha value is -2.51.